The summed E-state index contributed by atoms with van der Waals surface area (Å²) in [6.45, 7) is 2.99. The molecule has 0 saturated carbocycles. The van der Waals surface area contributed by atoms with Crippen LogP contribution in [0.1, 0.15) is 10.7 Å². The first-order valence-corrected chi connectivity index (χ1v) is 5.09. The smallest absolute Gasteiger partial charge is 0.0946 e. The van der Waals surface area contributed by atoms with Crippen molar-refractivity contribution < 1.29 is 0 Å². The van der Waals surface area contributed by atoms with E-state index in [1.807, 2.05) is 19.4 Å². The minimum Gasteiger partial charge on any atom is -0.337 e. The molecule has 0 aliphatic rings. The van der Waals surface area contributed by atoms with Gasteiger partial charge in [-0.3, -0.25) is 0 Å². The summed E-state index contributed by atoms with van der Waals surface area (Å²) in [4.78, 5) is 8.38. The fraction of sp³-hybridized carbons (Fsp3) is 0.333. The average molecular weight is 193 g/mol. The first-order chi connectivity index (χ1) is 6.34. The molecule has 4 heteroatoms. The van der Waals surface area contributed by atoms with Gasteiger partial charge < -0.3 is 4.57 Å². The van der Waals surface area contributed by atoms with Gasteiger partial charge in [0.1, 0.15) is 0 Å². The number of rotatable bonds is 3. The van der Waals surface area contributed by atoms with Crippen LogP contribution in [0.3, 0.4) is 0 Å². The number of imidazole rings is 1. The maximum atomic E-state index is 4.39. The van der Waals surface area contributed by atoms with Crippen molar-refractivity contribution in [3.63, 3.8) is 0 Å². The van der Waals surface area contributed by atoms with E-state index >= 15 is 0 Å². The summed E-state index contributed by atoms with van der Waals surface area (Å²) in [5, 5.41) is 3.26. The van der Waals surface area contributed by atoms with Crippen LogP contribution in [0.4, 0.5) is 0 Å². The molecule has 2 rings (SSSR count). The van der Waals surface area contributed by atoms with Crippen LogP contribution < -0.4 is 0 Å². The van der Waals surface area contributed by atoms with Gasteiger partial charge in [0.05, 0.1) is 17.0 Å². The van der Waals surface area contributed by atoms with E-state index in [0.29, 0.717) is 0 Å². The lowest BCUT2D eigenvalue weighted by Gasteiger charge is -1.97. The van der Waals surface area contributed by atoms with Gasteiger partial charge in [-0.05, 0) is 6.92 Å². The highest BCUT2D eigenvalue weighted by molar-refractivity contribution is 7.09. The topological polar surface area (TPSA) is 30.7 Å². The summed E-state index contributed by atoms with van der Waals surface area (Å²) in [7, 11) is 0. The van der Waals surface area contributed by atoms with Crippen LogP contribution in [-0.4, -0.2) is 14.5 Å². The Kier molecular flexibility index (Phi) is 2.40. The highest BCUT2D eigenvalue weighted by atomic mass is 32.1. The van der Waals surface area contributed by atoms with Gasteiger partial charge in [0.25, 0.3) is 0 Å². The van der Waals surface area contributed by atoms with Gasteiger partial charge in [-0.25, -0.2) is 9.97 Å². The summed E-state index contributed by atoms with van der Waals surface area (Å²) in [5.74, 6) is 0. The standard InChI is InChI=1S/C9H11N3S/c1-8-11-9(6-13-8)2-4-12-5-3-10-7-12/h3,5-7H,2,4H2,1H3. The predicted octanol–water partition coefficient (Wildman–Crippen LogP) is 1.89. The molecule has 0 atom stereocenters. The predicted molar refractivity (Wildman–Crippen MR) is 52.8 cm³/mol. The van der Waals surface area contributed by atoms with Crippen LogP contribution in [-0.2, 0) is 13.0 Å². The van der Waals surface area contributed by atoms with E-state index in [1.54, 1.807) is 17.5 Å². The van der Waals surface area contributed by atoms with Gasteiger partial charge in [-0.15, -0.1) is 11.3 Å². The molecule has 0 bridgehead atoms. The quantitative estimate of drug-likeness (QED) is 0.745. The molecule has 68 valence electrons. The Bertz CT molecular complexity index is 364. The van der Waals surface area contributed by atoms with E-state index in [-0.39, 0.29) is 0 Å². The minimum atomic E-state index is 0.961. The number of hydrogen-bond acceptors (Lipinski definition) is 3. The zero-order valence-electron chi connectivity index (χ0n) is 7.47. The molecule has 3 nitrogen and oxygen atoms in total. The van der Waals surface area contributed by atoms with Crippen LogP contribution >= 0.6 is 11.3 Å². The largest absolute Gasteiger partial charge is 0.337 e. The van der Waals surface area contributed by atoms with Gasteiger partial charge in [0, 0.05) is 30.7 Å². The molecule has 0 saturated heterocycles. The Morgan fingerprint density at radius 2 is 2.46 bits per heavy atom. The van der Waals surface area contributed by atoms with Crippen LogP contribution in [0.25, 0.3) is 0 Å². The van der Waals surface area contributed by atoms with Gasteiger partial charge in [-0.1, -0.05) is 0 Å². The van der Waals surface area contributed by atoms with Crippen molar-refractivity contribution in [2.75, 3.05) is 0 Å². The van der Waals surface area contributed by atoms with Crippen molar-refractivity contribution in [3.8, 4) is 0 Å². The van der Waals surface area contributed by atoms with Gasteiger partial charge in [0.2, 0.25) is 0 Å². The maximum Gasteiger partial charge on any atom is 0.0946 e. The third kappa shape index (κ3) is 2.15. The second kappa shape index (κ2) is 3.70. The molecule has 0 aromatic carbocycles. The molecule has 0 radical (unpaired) electrons. The first-order valence-electron chi connectivity index (χ1n) is 4.21. The average Bonchev–Trinajstić information content (AvgIpc) is 2.71. The van der Waals surface area contributed by atoms with Crippen LogP contribution in [0.5, 0.6) is 0 Å². The summed E-state index contributed by atoms with van der Waals surface area (Å²) in [6.07, 6.45) is 6.59. The first kappa shape index (κ1) is 8.44. The third-order valence-corrected chi connectivity index (χ3v) is 2.67. The van der Waals surface area contributed by atoms with Crippen molar-refractivity contribution in [1.82, 2.24) is 14.5 Å². The van der Waals surface area contributed by atoms with Crippen molar-refractivity contribution in [2.45, 2.75) is 19.9 Å². The molecule has 2 aromatic rings. The van der Waals surface area contributed by atoms with Crippen molar-refractivity contribution in [1.29, 1.82) is 0 Å². The van der Waals surface area contributed by atoms with E-state index < -0.39 is 0 Å². The Morgan fingerprint density at radius 1 is 1.54 bits per heavy atom. The number of aromatic nitrogens is 3. The molecule has 2 aromatic heterocycles. The molecular formula is C9H11N3S. The third-order valence-electron chi connectivity index (χ3n) is 1.85. The molecule has 0 aliphatic carbocycles. The SMILES string of the molecule is Cc1nc(CCn2ccnc2)cs1. The van der Waals surface area contributed by atoms with Gasteiger partial charge in [-0.2, -0.15) is 0 Å². The van der Waals surface area contributed by atoms with Crippen LogP contribution in [0, 0.1) is 6.92 Å². The fourth-order valence-electron chi connectivity index (χ4n) is 1.19. The number of thiazole rings is 1. The number of nitrogens with zero attached hydrogens (tertiary/aromatic N) is 3. The van der Waals surface area contributed by atoms with Crippen LogP contribution in [0.2, 0.25) is 0 Å². The molecule has 2 heterocycles. The monoisotopic (exact) mass is 193 g/mol. The number of aryl methyl sites for hydroxylation is 3. The van der Waals surface area contributed by atoms with E-state index in [1.165, 1.54) is 5.69 Å². The second-order valence-corrected chi connectivity index (χ2v) is 3.97. The minimum absolute atomic E-state index is 0.961. The molecular weight excluding hydrogens is 182 g/mol. The van der Waals surface area contributed by atoms with Crippen molar-refractivity contribution in [2.24, 2.45) is 0 Å². The number of hydrogen-bond donors (Lipinski definition) is 0. The summed E-state index contributed by atoms with van der Waals surface area (Å²) >= 11 is 1.71. The Balaban J connectivity index is 1.93. The summed E-state index contributed by atoms with van der Waals surface area (Å²) < 4.78 is 2.06. The van der Waals surface area contributed by atoms with Crippen molar-refractivity contribution in [3.05, 3.63) is 34.8 Å². The lowest BCUT2D eigenvalue weighted by molar-refractivity contribution is 0.686. The molecule has 0 spiro atoms. The molecule has 0 aliphatic heterocycles. The van der Waals surface area contributed by atoms with E-state index in [9.17, 15) is 0 Å². The summed E-state index contributed by atoms with van der Waals surface area (Å²) in [5.41, 5.74) is 1.18. The zero-order valence-corrected chi connectivity index (χ0v) is 8.29. The van der Waals surface area contributed by atoms with Crippen LogP contribution in [0.15, 0.2) is 24.1 Å². The Morgan fingerprint density at radius 3 is 3.08 bits per heavy atom. The molecule has 13 heavy (non-hydrogen) atoms. The maximum absolute atomic E-state index is 4.39. The fourth-order valence-corrected chi connectivity index (χ4v) is 1.83. The van der Waals surface area contributed by atoms with E-state index in [2.05, 4.69) is 19.9 Å². The molecule has 0 N–H and O–H groups in total. The van der Waals surface area contributed by atoms with Gasteiger partial charge >= 0.3 is 0 Å². The zero-order chi connectivity index (χ0) is 9.10. The normalized spacial score (nSPS) is 10.5. The lowest BCUT2D eigenvalue weighted by atomic mass is 10.3. The van der Waals surface area contributed by atoms with E-state index in [0.717, 1.165) is 18.0 Å². The Labute approximate surface area is 81.1 Å². The second-order valence-electron chi connectivity index (χ2n) is 2.91. The lowest BCUT2D eigenvalue weighted by Crippen LogP contribution is -1.98. The van der Waals surface area contributed by atoms with E-state index in [4.69, 9.17) is 0 Å². The highest BCUT2D eigenvalue weighted by Gasteiger charge is 1.97. The van der Waals surface area contributed by atoms with Gasteiger partial charge in [0.15, 0.2) is 0 Å². The molecule has 0 fully saturated rings. The molecule has 0 amide bonds. The molecule has 0 unspecified atom stereocenters. The highest BCUT2D eigenvalue weighted by Crippen LogP contribution is 2.08. The Hall–Kier alpha value is -1.16. The summed E-state index contributed by atoms with van der Waals surface area (Å²) in [6, 6.07) is 0. The van der Waals surface area contributed by atoms with Crippen molar-refractivity contribution >= 4 is 11.3 Å².